The number of aromatic nitrogens is 4. The van der Waals surface area contributed by atoms with Crippen molar-refractivity contribution >= 4 is 16.8 Å². The number of nitrogens with one attached hydrogen (secondary N) is 2. The number of amides is 1. The lowest BCUT2D eigenvalue weighted by atomic mass is 10.1. The van der Waals surface area contributed by atoms with Crippen molar-refractivity contribution in [1.82, 2.24) is 24.6 Å². The minimum Gasteiger partial charge on any atom is -0.361 e. The summed E-state index contributed by atoms with van der Waals surface area (Å²) in [4.78, 5) is 28.5. The van der Waals surface area contributed by atoms with Gasteiger partial charge in [0.25, 0.3) is 5.91 Å². The minimum atomic E-state index is -0.167. The summed E-state index contributed by atoms with van der Waals surface area (Å²) in [5, 5.41) is 8.51. The normalized spacial score (nSPS) is 13.7. The van der Waals surface area contributed by atoms with Crippen molar-refractivity contribution in [1.29, 1.82) is 0 Å². The lowest BCUT2D eigenvalue weighted by Crippen LogP contribution is -2.32. The number of aromatic amines is 1. The largest absolute Gasteiger partial charge is 0.361 e. The molecular formula is C22H21N5O2. The predicted molar refractivity (Wildman–Crippen MR) is 110 cm³/mol. The molecule has 0 unspecified atom stereocenters. The van der Waals surface area contributed by atoms with Gasteiger partial charge in [-0.25, -0.2) is 14.0 Å². The van der Waals surface area contributed by atoms with Gasteiger partial charge in [0.15, 0.2) is 0 Å². The molecule has 0 radical (unpaired) electrons. The number of carbonyl (C=O) groups is 1. The molecule has 1 amide bonds. The van der Waals surface area contributed by atoms with E-state index >= 15 is 0 Å². The highest BCUT2D eigenvalue weighted by Crippen LogP contribution is 2.39. The van der Waals surface area contributed by atoms with E-state index in [-0.39, 0.29) is 11.6 Å². The second-order valence-corrected chi connectivity index (χ2v) is 7.34. The summed E-state index contributed by atoms with van der Waals surface area (Å²) in [7, 11) is 0. The van der Waals surface area contributed by atoms with E-state index < -0.39 is 0 Å². The lowest BCUT2D eigenvalue weighted by Gasteiger charge is -2.05. The van der Waals surface area contributed by atoms with Crippen molar-refractivity contribution in [3.05, 3.63) is 82.7 Å². The summed E-state index contributed by atoms with van der Waals surface area (Å²) in [5.74, 6) is 0.982. The Morgan fingerprint density at radius 1 is 1.14 bits per heavy atom. The molecule has 0 saturated heterocycles. The van der Waals surface area contributed by atoms with Crippen LogP contribution in [0, 0.1) is 0 Å². The van der Waals surface area contributed by atoms with Crippen molar-refractivity contribution in [2.45, 2.75) is 25.3 Å². The Hall–Kier alpha value is -3.61. The van der Waals surface area contributed by atoms with Gasteiger partial charge in [-0.15, -0.1) is 0 Å². The fraction of sp³-hybridized carbons (Fsp3) is 0.227. The van der Waals surface area contributed by atoms with Crippen molar-refractivity contribution < 1.29 is 4.79 Å². The maximum atomic E-state index is 12.9. The zero-order chi connectivity index (χ0) is 19.8. The highest BCUT2D eigenvalue weighted by molar-refractivity contribution is 5.97. The number of carbonyl (C=O) groups excluding carboxylic acids is 1. The molecule has 4 aromatic rings. The summed E-state index contributed by atoms with van der Waals surface area (Å²) < 4.78 is 3.15. The van der Waals surface area contributed by atoms with Crippen LogP contribution in [0.1, 0.15) is 34.9 Å². The van der Waals surface area contributed by atoms with E-state index in [9.17, 15) is 9.59 Å². The van der Waals surface area contributed by atoms with Gasteiger partial charge in [0, 0.05) is 29.7 Å². The molecule has 0 bridgehead atoms. The third-order valence-electron chi connectivity index (χ3n) is 5.25. The molecule has 2 heterocycles. The molecule has 1 saturated carbocycles. The summed E-state index contributed by atoms with van der Waals surface area (Å²) in [6.07, 6.45) is 3.96. The molecule has 2 aromatic carbocycles. The maximum Gasteiger partial charge on any atom is 0.350 e. The zero-order valence-electron chi connectivity index (χ0n) is 15.8. The molecule has 0 spiro atoms. The van der Waals surface area contributed by atoms with Gasteiger partial charge in [-0.3, -0.25) is 4.79 Å². The van der Waals surface area contributed by atoms with E-state index in [0.29, 0.717) is 24.6 Å². The molecule has 1 fully saturated rings. The van der Waals surface area contributed by atoms with Crippen LogP contribution in [-0.2, 0) is 6.54 Å². The van der Waals surface area contributed by atoms with E-state index in [1.54, 1.807) is 10.6 Å². The second kappa shape index (κ2) is 7.09. The van der Waals surface area contributed by atoms with E-state index in [2.05, 4.69) is 15.4 Å². The Kier molecular flexibility index (Phi) is 4.27. The van der Waals surface area contributed by atoms with Crippen LogP contribution in [0.5, 0.6) is 0 Å². The first-order chi connectivity index (χ1) is 14.2. The molecule has 2 aromatic heterocycles. The Morgan fingerprint density at radius 3 is 2.76 bits per heavy atom. The molecule has 29 heavy (non-hydrogen) atoms. The molecule has 1 aliphatic rings. The SMILES string of the molecule is O=C(NCCn1nc(C2CC2)n(-c2ccccc2)c1=O)c1ccc2cc[nH]c2c1. The van der Waals surface area contributed by atoms with E-state index in [1.807, 2.05) is 54.7 Å². The first kappa shape index (κ1) is 17.5. The first-order valence-electron chi connectivity index (χ1n) is 9.81. The smallest absolute Gasteiger partial charge is 0.350 e. The molecule has 0 atom stereocenters. The number of benzene rings is 2. The number of hydrogen-bond donors (Lipinski definition) is 2. The summed E-state index contributed by atoms with van der Waals surface area (Å²) in [6.45, 7) is 0.659. The van der Waals surface area contributed by atoms with Crippen LogP contribution in [0.4, 0.5) is 0 Å². The highest BCUT2D eigenvalue weighted by Gasteiger charge is 2.31. The van der Waals surface area contributed by atoms with Gasteiger partial charge in [0.1, 0.15) is 5.82 Å². The molecule has 146 valence electrons. The van der Waals surface area contributed by atoms with E-state index in [4.69, 9.17) is 0 Å². The number of H-pyrrole nitrogens is 1. The van der Waals surface area contributed by atoms with Gasteiger partial charge in [-0.2, -0.15) is 5.10 Å². The Bertz CT molecular complexity index is 1230. The topological polar surface area (TPSA) is 84.7 Å². The maximum absolute atomic E-state index is 12.9. The van der Waals surface area contributed by atoms with Gasteiger partial charge in [0.2, 0.25) is 0 Å². The average Bonchev–Trinajstić information content (AvgIpc) is 3.39. The van der Waals surface area contributed by atoms with Crippen molar-refractivity contribution in [2.24, 2.45) is 0 Å². The predicted octanol–water partition coefficient (Wildman–Crippen LogP) is 2.82. The van der Waals surface area contributed by atoms with Crippen molar-refractivity contribution in [3.63, 3.8) is 0 Å². The van der Waals surface area contributed by atoms with Crippen LogP contribution in [0.15, 0.2) is 65.6 Å². The fourth-order valence-electron chi connectivity index (χ4n) is 3.56. The minimum absolute atomic E-state index is 0.167. The summed E-state index contributed by atoms with van der Waals surface area (Å²) in [6, 6.07) is 17.1. The molecule has 7 nitrogen and oxygen atoms in total. The van der Waals surface area contributed by atoms with Crippen molar-refractivity contribution in [3.8, 4) is 5.69 Å². The number of para-hydroxylation sites is 1. The lowest BCUT2D eigenvalue weighted by molar-refractivity contribution is 0.0952. The highest BCUT2D eigenvalue weighted by atomic mass is 16.2. The molecule has 7 heteroatoms. The standard InChI is InChI=1S/C22H21N5O2/c28-21(17-9-6-15-10-11-23-19(15)14-17)24-12-13-26-22(29)27(18-4-2-1-3-5-18)20(25-26)16-7-8-16/h1-6,9-11,14,16,23H,7-8,12-13H2,(H,24,28). The van der Waals surface area contributed by atoms with Crippen LogP contribution in [0.2, 0.25) is 0 Å². The van der Waals surface area contributed by atoms with Crippen molar-refractivity contribution in [2.75, 3.05) is 6.54 Å². The molecule has 2 N–H and O–H groups in total. The van der Waals surface area contributed by atoms with Gasteiger partial charge < -0.3 is 10.3 Å². The average molecular weight is 387 g/mol. The molecule has 5 rings (SSSR count). The molecule has 1 aliphatic carbocycles. The first-order valence-corrected chi connectivity index (χ1v) is 9.81. The number of nitrogens with zero attached hydrogens (tertiary/aromatic N) is 3. The molecule has 0 aliphatic heterocycles. The Morgan fingerprint density at radius 2 is 1.97 bits per heavy atom. The van der Waals surface area contributed by atoms with E-state index in [0.717, 1.165) is 35.3 Å². The van der Waals surface area contributed by atoms with Crippen LogP contribution in [-0.4, -0.2) is 31.8 Å². The summed E-state index contributed by atoms with van der Waals surface area (Å²) >= 11 is 0. The van der Waals surface area contributed by atoms with Crippen LogP contribution in [0.3, 0.4) is 0 Å². The van der Waals surface area contributed by atoms with Gasteiger partial charge in [-0.1, -0.05) is 24.3 Å². The van der Waals surface area contributed by atoms with Gasteiger partial charge in [0.05, 0.1) is 12.2 Å². The van der Waals surface area contributed by atoms with Crippen LogP contribution < -0.4 is 11.0 Å². The second-order valence-electron chi connectivity index (χ2n) is 7.34. The quantitative estimate of drug-likeness (QED) is 0.534. The summed E-state index contributed by atoms with van der Waals surface area (Å²) in [5.41, 5.74) is 2.17. The number of fused-ring (bicyclic) bond motifs is 1. The number of rotatable bonds is 6. The monoisotopic (exact) mass is 387 g/mol. The third-order valence-corrected chi connectivity index (χ3v) is 5.25. The van der Waals surface area contributed by atoms with Gasteiger partial charge >= 0.3 is 5.69 Å². The zero-order valence-corrected chi connectivity index (χ0v) is 15.8. The van der Waals surface area contributed by atoms with Crippen LogP contribution in [0.25, 0.3) is 16.6 Å². The Labute approximate surface area is 167 Å². The Balaban J connectivity index is 1.32. The fourth-order valence-corrected chi connectivity index (χ4v) is 3.56. The van der Waals surface area contributed by atoms with Crippen LogP contribution >= 0.6 is 0 Å². The van der Waals surface area contributed by atoms with Gasteiger partial charge in [-0.05, 0) is 48.6 Å². The number of hydrogen-bond acceptors (Lipinski definition) is 3. The third kappa shape index (κ3) is 3.35. The van der Waals surface area contributed by atoms with E-state index in [1.165, 1.54) is 4.68 Å². The molecular weight excluding hydrogens is 366 g/mol.